The molecule has 4 rings (SSSR count). The molecule has 2 aromatic heterocycles. The molecule has 1 atom stereocenters. The first-order valence-corrected chi connectivity index (χ1v) is 9.19. The molecule has 0 saturated heterocycles. The summed E-state index contributed by atoms with van der Waals surface area (Å²) in [6, 6.07) is 10.1. The number of hydrogen-bond acceptors (Lipinski definition) is 4. The number of thioether (sulfide) groups is 1. The quantitative estimate of drug-likeness (QED) is 0.741. The molecule has 3 aromatic rings. The first-order chi connectivity index (χ1) is 12.1. The van der Waals surface area contributed by atoms with Crippen LogP contribution in [0, 0.1) is 20.8 Å². The molecule has 1 aromatic carbocycles. The molecule has 0 saturated carbocycles. The number of benzene rings is 1. The molecule has 6 nitrogen and oxygen atoms in total. The number of amides is 1. The van der Waals surface area contributed by atoms with Gasteiger partial charge in [0.1, 0.15) is 0 Å². The number of fused-ring (bicyclic) bond motifs is 1. The number of nitrogens with one attached hydrogen (secondary N) is 2. The van der Waals surface area contributed by atoms with Gasteiger partial charge in [0.25, 0.3) is 0 Å². The Kier molecular flexibility index (Phi) is 3.88. The second kappa shape index (κ2) is 6.07. The predicted molar refractivity (Wildman–Crippen MR) is 99.3 cm³/mol. The van der Waals surface area contributed by atoms with E-state index >= 15 is 0 Å². The van der Waals surface area contributed by atoms with Crippen LogP contribution in [0.2, 0.25) is 0 Å². The lowest BCUT2D eigenvalue weighted by atomic mass is 10.0. The number of carbonyl (C=O) groups excluding carboxylic acids is 1. The van der Waals surface area contributed by atoms with Crippen molar-refractivity contribution >= 4 is 23.5 Å². The highest BCUT2D eigenvalue weighted by molar-refractivity contribution is 8.00. The number of rotatable bonds is 2. The van der Waals surface area contributed by atoms with Crippen LogP contribution in [0.15, 0.2) is 30.3 Å². The number of para-hydroxylation sites is 1. The average molecular weight is 353 g/mol. The summed E-state index contributed by atoms with van der Waals surface area (Å²) < 4.78 is 1.97. The maximum atomic E-state index is 12.0. The van der Waals surface area contributed by atoms with Crippen molar-refractivity contribution in [3.8, 4) is 5.69 Å². The molecule has 7 heteroatoms. The van der Waals surface area contributed by atoms with Crippen molar-refractivity contribution in [2.45, 2.75) is 26.0 Å². The van der Waals surface area contributed by atoms with Gasteiger partial charge in [0, 0.05) is 22.5 Å². The highest BCUT2D eigenvalue weighted by Gasteiger charge is 2.32. The lowest BCUT2D eigenvalue weighted by Crippen LogP contribution is -2.12. The Hall–Kier alpha value is -2.54. The fraction of sp³-hybridized carbons (Fsp3) is 0.278. The van der Waals surface area contributed by atoms with Gasteiger partial charge in [0.05, 0.1) is 22.4 Å². The van der Waals surface area contributed by atoms with Crippen LogP contribution in [0.3, 0.4) is 0 Å². The Morgan fingerprint density at radius 2 is 1.92 bits per heavy atom. The van der Waals surface area contributed by atoms with Crippen LogP contribution in [-0.2, 0) is 4.79 Å². The Bertz CT molecular complexity index is 944. The monoisotopic (exact) mass is 353 g/mol. The van der Waals surface area contributed by atoms with Gasteiger partial charge < -0.3 is 5.32 Å². The third-order valence-corrected chi connectivity index (χ3v) is 5.74. The van der Waals surface area contributed by atoms with E-state index in [1.54, 1.807) is 11.8 Å². The maximum absolute atomic E-state index is 12.0. The SMILES string of the molecule is Cc1nn(-c2ccccc2)c(C)c1[C@H]1SCC(=O)Nc2n[nH]c(C)c21. The highest BCUT2D eigenvalue weighted by Crippen LogP contribution is 2.44. The molecule has 1 aliphatic rings. The molecule has 0 radical (unpaired) electrons. The van der Waals surface area contributed by atoms with Crippen molar-refractivity contribution in [2.75, 3.05) is 11.1 Å². The molecule has 2 N–H and O–H groups in total. The van der Waals surface area contributed by atoms with E-state index in [1.807, 2.05) is 48.9 Å². The van der Waals surface area contributed by atoms with Gasteiger partial charge in [-0.3, -0.25) is 9.89 Å². The molecular weight excluding hydrogens is 334 g/mol. The summed E-state index contributed by atoms with van der Waals surface area (Å²) in [7, 11) is 0. The summed E-state index contributed by atoms with van der Waals surface area (Å²) >= 11 is 1.62. The number of aryl methyl sites for hydroxylation is 2. The highest BCUT2D eigenvalue weighted by atomic mass is 32.2. The van der Waals surface area contributed by atoms with E-state index in [-0.39, 0.29) is 11.2 Å². The van der Waals surface area contributed by atoms with Gasteiger partial charge in [0.15, 0.2) is 5.82 Å². The molecule has 0 aliphatic carbocycles. The molecule has 3 heterocycles. The Morgan fingerprint density at radius 3 is 2.68 bits per heavy atom. The van der Waals surface area contributed by atoms with E-state index in [4.69, 9.17) is 5.10 Å². The summed E-state index contributed by atoms with van der Waals surface area (Å²) in [5.41, 5.74) is 6.25. The van der Waals surface area contributed by atoms with Gasteiger partial charge >= 0.3 is 0 Å². The molecule has 128 valence electrons. The number of carbonyl (C=O) groups is 1. The van der Waals surface area contributed by atoms with Crippen LogP contribution >= 0.6 is 11.8 Å². The third kappa shape index (κ3) is 2.64. The summed E-state index contributed by atoms with van der Waals surface area (Å²) in [6.45, 7) is 6.10. The molecule has 0 bridgehead atoms. The first-order valence-electron chi connectivity index (χ1n) is 8.14. The molecule has 1 amide bonds. The van der Waals surface area contributed by atoms with Crippen molar-refractivity contribution in [3.05, 3.63) is 58.5 Å². The van der Waals surface area contributed by atoms with Crippen LogP contribution in [0.4, 0.5) is 5.82 Å². The van der Waals surface area contributed by atoms with E-state index in [0.717, 1.165) is 33.9 Å². The Morgan fingerprint density at radius 1 is 1.16 bits per heavy atom. The van der Waals surface area contributed by atoms with Crippen LogP contribution in [0.5, 0.6) is 0 Å². The van der Waals surface area contributed by atoms with E-state index < -0.39 is 0 Å². The van der Waals surface area contributed by atoms with Gasteiger partial charge in [-0.05, 0) is 32.9 Å². The standard InChI is InChI=1S/C18H19N5OS/c1-10-16-17(25-9-14(24)19-18(16)21-20-10)15-11(2)22-23(12(15)3)13-7-5-4-6-8-13/h4-8,17H,9H2,1-3H3,(H2,19,20,21,24)/t17-/m1/s1. The van der Waals surface area contributed by atoms with Crippen molar-refractivity contribution < 1.29 is 4.79 Å². The topological polar surface area (TPSA) is 75.6 Å². The first kappa shape index (κ1) is 16.0. The van der Waals surface area contributed by atoms with Gasteiger partial charge in [-0.25, -0.2) is 4.68 Å². The molecule has 1 aliphatic heterocycles. The van der Waals surface area contributed by atoms with Crippen molar-refractivity contribution in [2.24, 2.45) is 0 Å². The zero-order valence-electron chi connectivity index (χ0n) is 14.3. The normalized spacial score (nSPS) is 17.1. The van der Waals surface area contributed by atoms with Crippen LogP contribution in [-0.4, -0.2) is 31.6 Å². The number of anilines is 1. The lowest BCUT2D eigenvalue weighted by molar-refractivity contribution is -0.113. The van der Waals surface area contributed by atoms with E-state index in [2.05, 4.69) is 22.4 Å². The molecule has 0 unspecified atom stereocenters. The second-order valence-electron chi connectivity index (χ2n) is 6.18. The second-order valence-corrected chi connectivity index (χ2v) is 7.28. The van der Waals surface area contributed by atoms with E-state index in [0.29, 0.717) is 11.6 Å². The zero-order valence-corrected chi connectivity index (χ0v) is 15.1. The molecule has 0 fully saturated rings. The summed E-state index contributed by atoms with van der Waals surface area (Å²) in [4.78, 5) is 12.0. The number of nitrogens with zero attached hydrogens (tertiary/aromatic N) is 3. The van der Waals surface area contributed by atoms with Crippen LogP contribution in [0.1, 0.15) is 33.5 Å². The molecular formula is C18H19N5OS. The average Bonchev–Trinajstić information content (AvgIpc) is 3.04. The fourth-order valence-corrected chi connectivity index (χ4v) is 4.70. The number of hydrogen-bond donors (Lipinski definition) is 2. The number of aromatic amines is 1. The van der Waals surface area contributed by atoms with Gasteiger partial charge in [0.2, 0.25) is 5.91 Å². The van der Waals surface area contributed by atoms with E-state index in [1.165, 1.54) is 0 Å². The lowest BCUT2D eigenvalue weighted by Gasteiger charge is -2.16. The summed E-state index contributed by atoms with van der Waals surface area (Å²) in [6.07, 6.45) is 0. The van der Waals surface area contributed by atoms with Crippen LogP contribution in [0.25, 0.3) is 5.69 Å². The zero-order chi connectivity index (χ0) is 17.6. The summed E-state index contributed by atoms with van der Waals surface area (Å²) in [5, 5.41) is 14.9. The summed E-state index contributed by atoms with van der Waals surface area (Å²) in [5.74, 6) is 1.00. The Labute approximate surface area is 150 Å². The van der Waals surface area contributed by atoms with Crippen molar-refractivity contribution in [1.82, 2.24) is 20.0 Å². The number of H-pyrrole nitrogens is 1. The minimum atomic E-state index is -0.0222. The minimum Gasteiger partial charge on any atom is -0.308 e. The van der Waals surface area contributed by atoms with Crippen LogP contribution < -0.4 is 5.32 Å². The minimum absolute atomic E-state index is 0.0187. The smallest absolute Gasteiger partial charge is 0.235 e. The van der Waals surface area contributed by atoms with Crippen molar-refractivity contribution in [3.63, 3.8) is 0 Å². The molecule has 25 heavy (non-hydrogen) atoms. The Balaban J connectivity index is 1.87. The van der Waals surface area contributed by atoms with Gasteiger partial charge in [-0.2, -0.15) is 10.2 Å². The van der Waals surface area contributed by atoms with E-state index in [9.17, 15) is 4.79 Å². The molecule has 0 spiro atoms. The van der Waals surface area contributed by atoms with Gasteiger partial charge in [-0.15, -0.1) is 11.8 Å². The van der Waals surface area contributed by atoms with Crippen molar-refractivity contribution in [1.29, 1.82) is 0 Å². The van der Waals surface area contributed by atoms with Gasteiger partial charge in [-0.1, -0.05) is 18.2 Å². The predicted octanol–water partition coefficient (Wildman–Crippen LogP) is 3.30. The third-order valence-electron chi connectivity index (χ3n) is 4.51. The maximum Gasteiger partial charge on any atom is 0.235 e. The number of aromatic nitrogens is 4. The largest absolute Gasteiger partial charge is 0.308 e. The fourth-order valence-electron chi connectivity index (χ4n) is 3.35.